The second kappa shape index (κ2) is 6.83. The molecule has 1 unspecified atom stereocenters. The van der Waals surface area contributed by atoms with Crippen molar-refractivity contribution in [3.8, 4) is 0 Å². The van der Waals surface area contributed by atoms with Crippen LogP contribution in [0.1, 0.15) is 18.1 Å². The number of rotatable bonds is 7. The normalized spacial score (nSPS) is 13.2. The molecule has 0 radical (unpaired) electrons. The number of carbonyl (C=O) groups is 1. The maximum atomic E-state index is 11.5. The number of hydrogen-bond acceptors (Lipinski definition) is 6. The highest BCUT2D eigenvalue weighted by molar-refractivity contribution is 7.89. The van der Waals surface area contributed by atoms with Crippen molar-refractivity contribution in [3.63, 3.8) is 0 Å². The van der Waals surface area contributed by atoms with Crippen LogP contribution in [0.2, 0.25) is 0 Å². The van der Waals surface area contributed by atoms with Crippen LogP contribution in [-0.2, 0) is 19.6 Å². The van der Waals surface area contributed by atoms with Gasteiger partial charge in [0.1, 0.15) is 0 Å². The minimum Gasteiger partial charge on any atom is -0.469 e. The second-order valence-corrected chi connectivity index (χ2v) is 6.27. The van der Waals surface area contributed by atoms with Gasteiger partial charge in [-0.3, -0.25) is 4.79 Å². The van der Waals surface area contributed by atoms with Crippen molar-refractivity contribution >= 4 is 27.3 Å². The zero-order valence-electron chi connectivity index (χ0n) is 9.83. The van der Waals surface area contributed by atoms with Gasteiger partial charge in [0.25, 0.3) is 0 Å². The Morgan fingerprint density at radius 2 is 2.33 bits per heavy atom. The van der Waals surface area contributed by atoms with Gasteiger partial charge < -0.3 is 9.84 Å². The molecule has 8 heteroatoms. The lowest BCUT2D eigenvalue weighted by Gasteiger charge is -2.10. The molecular weight excluding hydrogens is 278 g/mol. The van der Waals surface area contributed by atoms with Crippen molar-refractivity contribution in [2.24, 2.45) is 0 Å². The summed E-state index contributed by atoms with van der Waals surface area (Å²) < 4.78 is 29.6. The van der Waals surface area contributed by atoms with Crippen LogP contribution < -0.4 is 4.72 Å². The number of esters is 1. The third kappa shape index (κ3) is 5.13. The molecular formula is C10H15NO5S2. The van der Waals surface area contributed by atoms with Gasteiger partial charge >= 0.3 is 5.97 Å². The minimum absolute atomic E-state index is 0.111. The highest BCUT2D eigenvalue weighted by Gasteiger charge is 2.16. The van der Waals surface area contributed by atoms with E-state index in [0.29, 0.717) is 5.56 Å². The molecule has 0 amide bonds. The van der Waals surface area contributed by atoms with Gasteiger partial charge in [-0.25, -0.2) is 13.1 Å². The molecule has 1 atom stereocenters. The molecule has 1 aromatic heterocycles. The van der Waals surface area contributed by atoms with E-state index in [9.17, 15) is 18.3 Å². The van der Waals surface area contributed by atoms with Crippen LogP contribution in [0.15, 0.2) is 16.8 Å². The Bertz CT molecular complexity index is 468. The SMILES string of the molecule is COC(=O)CCS(=O)(=O)NCC(O)c1ccsc1. The van der Waals surface area contributed by atoms with Crippen LogP contribution in [0, 0.1) is 0 Å². The van der Waals surface area contributed by atoms with Gasteiger partial charge in [-0.15, -0.1) is 0 Å². The van der Waals surface area contributed by atoms with Crippen LogP contribution in [-0.4, -0.2) is 38.9 Å². The number of carbonyl (C=O) groups excluding carboxylic acids is 1. The maximum absolute atomic E-state index is 11.5. The van der Waals surface area contributed by atoms with E-state index in [1.807, 2.05) is 0 Å². The Hall–Kier alpha value is -0.960. The smallest absolute Gasteiger partial charge is 0.306 e. The quantitative estimate of drug-likeness (QED) is 0.704. The first kappa shape index (κ1) is 15.1. The van der Waals surface area contributed by atoms with Crippen molar-refractivity contribution in [2.75, 3.05) is 19.4 Å². The second-order valence-electron chi connectivity index (χ2n) is 3.57. The first-order valence-corrected chi connectivity index (χ1v) is 7.78. The topological polar surface area (TPSA) is 92.7 Å². The van der Waals surface area contributed by atoms with Gasteiger partial charge in [0.15, 0.2) is 0 Å². The number of thiophene rings is 1. The third-order valence-corrected chi connectivity index (χ3v) is 4.28. The summed E-state index contributed by atoms with van der Waals surface area (Å²) in [4.78, 5) is 10.8. The van der Waals surface area contributed by atoms with Crippen LogP contribution >= 0.6 is 11.3 Å². The Morgan fingerprint density at radius 1 is 1.61 bits per heavy atom. The zero-order chi connectivity index (χ0) is 13.6. The van der Waals surface area contributed by atoms with Gasteiger partial charge in [0.2, 0.25) is 10.0 Å². The Balaban J connectivity index is 2.40. The van der Waals surface area contributed by atoms with Gasteiger partial charge in [-0.1, -0.05) is 0 Å². The predicted molar refractivity (Wildman–Crippen MR) is 67.7 cm³/mol. The van der Waals surface area contributed by atoms with Crippen molar-refractivity contribution in [1.82, 2.24) is 4.72 Å². The number of hydrogen-bond donors (Lipinski definition) is 2. The average molecular weight is 293 g/mol. The number of aliphatic hydroxyl groups excluding tert-OH is 1. The fourth-order valence-corrected chi connectivity index (χ4v) is 2.88. The van der Waals surface area contributed by atoms with Crippen molar-refractivity contribution in [2.45, 2.75) is 12.5 Å². The van der Waals surface area contributed by atoms with Crippen LogP contribution in [0.4, 0.5) is 0 Å². The number of sulfonamides is 1. The summed E-state index contributed by atoms with van der Waals surface area (Å²) in [6.07, 6.45) is -1.09. The Kier molecular flexibility index (Phi) is 5.73. The van der Waals surface area contributed by atoms with Gasteiger partial charge in [-0.2, -0.15) is 11.3 Å². The Morgan fingerprint density at radius 3 is 2.89 bits per heavy atom. The molecule has 0 spiro atoms. The summed E-state index contributed by atoms with van der Waals surface area (Å²) in [6.45, 7) is -0.111. The van der Waals surface area contributed by atoms with E-state index in [0.717, 1.165) is 0 Å². The molecule has 0 fully saturated rings. The molecule has 1 aromatic rings. The molecule has 6 nitrogen and oxygen atoms in total. The standard InChI is InChI=1S/C10H15NO5S2/c1-16-10(13)3-5-18(14,15)11-6-9(12)8-2-4-17-7-8/h2,4,7,9,11-12H,3,5-6H2,1H3. The molecule has 1 heterocycles. The molecule has 0 bridgehead atoms. The molecule has 1 rings (SSSR count). The van der Waals surface area contributed by atoms with Gasteiger partial charge in [-0.05, 0) is 22.4 Å². The molecule has 0 aliphatic heterocycles. The van der Waals surface area contributed by atoms with E-state index in [1.165, 1.54) is 18.4 Å². The van der Waals surface area contributed by atoms with Crippen LogP contribution in [0.5, 0.6) is 0 Å². The van der Waals surface area contributed by atoms with Crippen molar-refractivity contribution in [3.05, 3.63) is 22.4 Å². The summed E-state index contributed by atoms with van der Waals surface area (Å²) in [5.41, 5.74) is 0.663. The molecule has 102 valence electrons. The molecule has 18 heavy (non-hydrogen) atoms. The number of nitrogens with one attached hydrogen (secondary N) is 1. The zero-order valence-corrected chi connectivity index (χ0v) is 11.5. The molecule has 0 aliphatic carbocycles. The lowest BCUT2D eigenvalue weighted by atomic mass is 10.2. The lowest BCUT2D eigenvalue weighted by molar-refractivity contribution is -0.140. The molecule has 0 saturated carbocycles. The van der Waals surface area contributed by atoms with Gasteiger partial charge in [0, 0.05) is 6.54 Å². The summed E-state index contributed by atoms with van der Waals surface area (Å²) >= 11 is 1.42. The fourth-order valence-electron chi connectivity index (χ4n) is 1.18. The summed E-state index contributed by atoms with van der Waals surface area (Å²) in [5, 5.41) is 13.2. The summed E-state index contributed by atoms with van der Waals surface area (Å²) in [5.74, 6) is -0.936. The lowest BCUT2D eigenvalue weighted by Crippen LogP contribution is -2.31. The van der Waals surface area contributed by atoms with Crippen molar-refractivity contribution in [1.29, 1.82) is 0 Å². The highest BCUT2D eigenvalue weighted by Crippen LogP contribution is 2.15. The van der Waals surface area contributed by atoms with E-state index in [-0.39, 0.29) is 18.7 Å². The molecule has 2 N–H and O–H groups in total. The average Bonchev–Trinajstić information content (AvgIpc) is 2.87. The first-order chi connectivity index (χ1) is 8.44. The van der Waals surface area contributed by atoms with Crippen LogP contribution in [0.3, 0.4) is 0 Å². The molecule has 0 saturated heterocycles. The van der Waals surface area contributed by atoms with E-state index in [1.54, 1.807) is 16.8 Å². The van der Waals surface area contributed by atoms with E-state index in [4.69, 9.17) is 0 Å². The van der Waals surface area contributed by atoms with E-state index >= 15 is 0 Å². The van der Waals surface area contributed by atoms with E-state index < -0.39 is 22.1 Å². The fraction of sp³-hybridized carbons (Fsp3) is 0.500. The number of ether oxygens (including phenoxy) is 1. The monoisotopic (exact) mass is 293 g/mol. The number of methoxy groups -OCH3 is 1. The minimum atomic E-state index is -3.58. The van der Waals surface area contributed by atoms with Crippen LogP contribution in [0.25, 0.3) is 0 Å². The summed E-state index contributed by atoms with van der Waals surface area (Å²) in [6, 6.07) is 1.72. The third-order valence-electron chi connectivity index (χ3n) is 2.23. The molecule has 0 aliphatic rings. The summed E-state index contributed by atoms with van der Waals surface area (Å²) in [7, 11) is -2.38. The van der Waals surface area contributed by atoms with E-state index in [2.05, 4.69) is 9.46 Å². The Labute approximate surface area is 110 Å². The first-order valence-electron chi connectivity index (χ1n) is 5.19. The van der Waals surface area contributed by atoms with Gasteiger partial charge in [0.05, 0.1) is 25.4 Å². The predicted octanol–water partition coefficient (Wildman–Crippen LogP) is 0.264. The molecule has 0 aromatic carbocycles. The number of aliphatic hydroxyl groups is 1. The highest BCUT2D eigenvalue weighted by atomic mass is 32.2. The maximum Gasteiger partial charge on any atom is 0.306 e. The largest absolute Gasteiger partial charge is 0.469 e. The van der Waals surface area contributed by atoms with Crippen molar-refractivity contribution < 1.29 is 23.1 Å².